The van der Waals surface area contributed by atoms with Crippen LogP contribution < -0.4 is 5.32 Å². The number of rotatable bonds is 5. The van der Waals surface area contributed by atoms with Crippen LogP contribution in [0.5, 0.6) is 0 Å². The van der Waals surface area contributed by atoms with Crippen LogP contribution in [0.1, 0.15) is 11.3 Å². The fourth-order valence-electron chi connectivity index (χ4n) is 1.75. The summed E-state index contributed by atoms with van der Waals surface area (Å²) in [7, 11) is 1.97. The minimum Gasteiger partial charge on any atom is -0.312 e. The van der Waals surface area contributed by atoms with Crippen molar-refractivity contribution in [2.75, 3.05) is 6.54 Å². The van der Waals surface area contributed by atoms with Crippen LogP contribution >= 0.6 is 31.9 Å². The summed E-state index contributed by atoms with van der Waals surface area (Å²) in [5, 5.41) is 7.59. The lowest BCUT2D eigenvalue weighted by atomic mass is 10.2. The van der Waals surface area contributed by atoms with E-state index >= 15 is 0 Å². The van der Waals surface area contributed by atoms with E-state index in [-0.39, 0.29) is 0 Å². The Labute approximate surface area is 124 Å². The molecule has 0 saturated carbocycles. The van der Waals surface area contributed by atoms with Crippen molar-refractivity contribution in [2.45, 2.75) is 13.0 Å². The van der Waals surface area contributed by atoms with Gasteiger partial charge in [-0.1, -0.05) is 6.07 Å². The SMILES string of the molecule is Cn1nccc1CCNCc1ccc(Br)c(Br)c1. The Hall–Kier alpha value is -0.650. The first-order chi connectivity index (χ1) is 8.66. The molecule has 96 valence electrons. The maximum Gasteiger partial charge on any atom is 0.0492 e. The van der Waals surface area contributed by atoms with Crippen molar-refractivity contribution in [3.8, 4) is 0 Å². The molecule has 0 saturated heterocycles. The van der Waals surface area contributed by atoms with Crippen molar-refractivity contribution in [1.82, 2.24) is 15.1 Å². The molecule has 2 aromatic rings. The van der Waals surface area contributed by atoms with Gasteiger partial charge < -0.3 is 5.32 Å². The van der Waals surface area contributed by atoms with Crippen molar-refractivity contribution in [2.24, 2.45) is 7.05 Å². The van der Waals surface area contributed by atoms with E-state index in [0.29, 0.717) is 0 Å². The summed E-state index contributed by atoms with van der Waals surface area (Å²) in [6.07, 6.45) is 2.83. The Balaban J connectivity index is 1.78. The number of nitrogens with zero attached hydrogens (tertiary/aromatic N) is 2. The second-order valence-electron chi connectivity index (χ2n) is 4.12. The molecule has 0 amide bonds. The van der Waals surface area contributed by atoms with E-state index in [2.05, 4.69) is 66.5 Å². The number of halogens is 2. The predicted molar refractivity (Wildman–Crippen MR) is 80.5 cm³/mol. The van der Waals surface area contributed by atoms with Crippen LogP contribution in [0.3, 0.4) is 0 Å². The van der Waals surface area contributed by atoms with Gasteiger partial charge in [-0.15, -0.1) is 0 Å². The molecule has 0 unspecified atom stereocenters. The van der Waals surface area contributed by atoms with Gasteiger partial charge in [-0.2, -0.15) is 5.10 Å². The lowest BCUT2D eigenvalue weighted by Crippen LogP contribution is -2.17. The number of aryl methyl sites for hydroxylation is 1. The minimum absolute atomic E-state index is 0.879. The van der Waals surface area contributed by atoms with Crippen LogP contribution in [0.15, 0.2) is 39.4 Å². The molecule has 0 radical (unpaired) electrons. The highest BCUT2D eigenvalue weighted by Gasteiger charge is 2.00. The van der Waals surface area contributed by atoms with Gasteiger partial charge in [0.15, 0.2) is 0 Å². The van der Waals surface area contributed by atoms with Gasteiger partial charge in [-0.05, 0) is 55.6 Å². The highest BCUT2D eigenvalue weighted by Crippen LogP contribution is 2.23. The van der Waals surface area contributed by atoms with E-state index < -0.39 is 0 Å². The number of benzene rings is 1. The van der Waals surface area contributed by atoms with Crippen LogP contribution in [0.4, 0.5) is 0 Å². The zero-order chi connectivity index (χ0) is 13.0. The summed E-state index contributed by atoms with van der Waals surface area (Å²) in [5.74, 6) is 0. The van der Waals surface area contributed by atoms with E-state index in [1.807, 2.05) is 17.9 Å². The van der Waals surface area contributed by atoms with Crippen molar-refractivity contribution >= 4 is 31.9 Å². The second kappa shape index (κ2) is 6.50. The highest BCUT2D eigenvalue weighted by molar-refractivity contribution is 9.13. The third kappa shape index (κ3) is 3.67. The Morgan fingerprint density at radius 1 is 1.22 bits per heavy atom. The van der Waals surface area contributed by atoms with Crippen LogP contribution in [0.2, 0.25) is 0 Å². The molecule has 0 aliphatic heterocycles. The lowest BCUT2D eigenvalue weighted by Gasteiger charge is -2.06. The van der Waals surface area contributed by atoms with Gasteiger partial charge in [0.25, 0.3) is 0 Å². The fraction of sp³-hybridized carbons (Fsp3) is 0.308. The largest absolute Gasteiger partial charge is 0.312 e. The number of aromatic nitrogens is 2. The van der Waals surface area contributed by atoms with Crippen LogP contribution in [0, 0.1) is 0 Å². The van der Waals surface area contributed by atoms with Crippen molar-refractivity contribution in [3.05, 3.63) is 50.7 Å². The Morgan fingerprint density at radius 3 is 2.72 bits per heavy atom. The molecule has 1 aromatic carbocycles. The molecule has 18 heavy (non-hydrogen) atoms. The Bertz CT molecular complexity index is 523. The van der Waals surface area contributed by atoms with Crippen molar-refractivity contribution < 1.29 is 0 Å². The molecule has 1 N–H and O–H groups in total. The summed E-state index contributed by atoms with van der Waals surface area (Å²) in [6.45, 7) is 1.83. The maximum absolute atomic E-state index is 4.15. The van der Waals surface area contributed by atoms with Crippen LogP contribution in [-0.4, -0.2) is 16.3 Å². The third-order valence-corrected chi connectivity index (χ3v) is 4.67. The zero-order valence-corrected chi connectivity index (χ0v) is 13.3. The van der Waals surface area contributed by atoms with Gasteiger partial charge in [-0.25, -0.2) is 0 Å². The molecule has 0 bridgehead atoms. The second-order valence-corrected chi connectivity index (χ2v) is 5.83. The van der Waals surface area contributed by atoms with E-state index in [0.717, 1.165) is 28.5 Å². The smallest absolute Gasteiger partial charge is 0.0492 e. The van der Waals surface area contributed by atoms with Gasteiger partial charge in [0.05, 0.1) is 0 Å². The number of hydrogen-bond acceptors (Lipinski definition) is 2. The standard InChI is InChI=1S/C13H15Br2N3/c1-18-11(5-7-17-18)4-6-16-9-10-2-3-12(14)13(15)8-10/h2-3,5,7-8,16H,4,6,9H2,1H3. The molecule has 5 heteroatoms. The molecule has 0 aliphatic carbocycles. The van der Waals surface area contributed by atoms with Gasteiger partial charge in [0.2, 0.25) is 0 Å². The summed E-state index contributed by atoms with van der Waals surface area (Å²) in [4.78, 5) is 0. The Morgan fingerprint density at radius 2 is 2.06 bits per heavy atom. The normalized spacial score (nSPS) is 10.8. The van der Waals surface area contributed by atoms with E-state index in [1.165, 1.54) is 11.3 Å². The first-order valence-corrected chi connectivity index (χ1v) is 7.37. The molecule has 2 rings (SSSR count). The molecule has 0 aliphatic rings. The molecular weight excluding hydrogens is 358 g/mol. The quantitative estimate of drug-likeness (QED) is 0.816. The summed E-state index contributed by atoms with van der Waals surface area (Å²) in [6, 6.07) is 8.35. The first kappa shape index (κ1) is 13.8. The predicted octanol–water partition coefficient (Wildman–Crippen LogP) is 3.28. The van der Waals surface area contributed by atoms with Crippen LogP contribution in [-0.2, 0) is 20.0 Å². The number of nitrogens with one attached hydrogen (secondary N) is 1. The van der Waals surface area contributed by atoms with Gasteiger partial charge >= 0.3 is 0 Å². The van der Waals surface area contributed by atoms with Crippen LogP contribution in [0.25, 0.3) is 0 Å². The summed E-state index contributed by atoms with van der Waals surface area (Å²) < 4.78 is 4.09. The fourth-order valence-corrected chi connectivity index (χ4v) is 2.42. The highest BCUT2D eigenvalue weighted by atomic mass is 79.9. The molecule has 0 atom stereocenters. The van der Waals surface area contributed by atoms with E-state index in [1.54, 1.807) is 0 Å². The average Bonchev–Trinajstić information content (AvgIpc) is 2.75. The van der Waals surface area contributed by atoms with Crippen molar-refractivity contribution in [1.29, 1.82) is 0 Å². The molecule has 1 aromatic heterocycles. The lowest BCUT2D eigenvalue weighted by molar-refractivity contribution is 0.643. The molecule has 0 fully saturated rings. The molecule has 3 nitrogen and oxygen atoms in total. The zero-order valence-electron chi connectivity index (χ0n) is 10.2. The average molecular weight is 373 g/mol. The molecule has 1 heterocycles. The van der Waals surface area contributed by atoms with Gasteiger partial charge in [0.1, 0.15) is 0 Å². The third-order valence-electron chi connectivity index (χ3n) is 2.79. The summed E-state index contributed by atoms with van der Waals surface area (Å²) >= 11 is 6.98. The Kier molecular flexibility index (Phi) is 4.97. The van der Waals surface area contributed by atoms with Gasteiger partial charge in [0, 0.05) is 47.4 Å². The topological polar surface area (TPSA) is 29.9 Å². The molecule has 0 spiro atoms. The van der Waals surface area contributed by atoms with Crippen molar-refractivity contribution in [3.63, 3.8) is 0 Å². The minimum atomic E-state index is 0.879. The van der Waals surface area contributed by atoms with E-state index in [4.69, 9.17) is 0 Å². The summed E-state index contributed by atoms with van der Waals surface area (Å²) in [5.41, 5.74) is 2.52. The maximum atomic E-state index is 4.15. The first-order valence-electron chi connectivity index (χ1n) is 5.78. The number of hydrogen-bond donors (Lipinski definition) is 1. The van der Waals surface area contributed by atoms with E-state index in [9.17, 15) is 0 Å². The monoisotopic (exact) mass is 371 g/mol. The van der Waals surface area contributed by atoms with Gasteiger partial charge in [-0.3, -0.25) is 4.68 Å². The molecular formula is C13H15Br2N3.